The van der Waals surface area contributed by atoms with Gasteiger partial charge >= 0.3 is 35.8 Å². The molecule has 2 nitrogen and oxygen atoms in total. The predicted octanol–water partition coefficient (Wildman–Crippen LogP) is 9.52. The van der Waals surface area contributed by atoms with Crippen LogP contribution in [-0.4, -0.2) is 47.9 Å². The average molecular weight is 571 g/mol. The van der Waals surface area contributed by atoms with Crippen molar-refractivity contribution in [3.8, 4) is 0 Å². The summed E-state index contributed by atoms with van der Waals surface area (Å²) < 4.78 is 171. The minimum Gasteiger partial charge on any atom is -0.211 e. The van der Waals surface area contributed by atoms with Gasteiger partial charge in [-0.25, -0.2) is 9.79 Å². The molecule has 15 heteroatoms. The topological polar surface area (TPSA) is 29.4 Å². The van der Waals surface area contributed by atoms with Crippen LogP contribution < -0.4 is 0 Å². The van der Waals surface area contributed by atoms with Crippen molar-refractivity contribution in [3.05, 3.63) is 0 Å². The second-order valence-corrected chi connectivity index (χ2v) is 8.88. The van der Waals surface area contributed by atoms with Gasteiger partial charge in [0.25, 0.3) is 0 Å². The van der Waals surface area contributed by atoms with Crippen LogP contribution in [0, 0.1) is 0 Å². The quantitative estimate of drug-likeness (QED) is 0.0657. The van der Waals surface area contributed by atoms with Crippen molar-refractivity contribution in [1.82, 2.24) is 0 Å². The van der Waals surface area contributed by atoms with Gasteiger partial charge in [-0.05, 0) is 12.8 Å². The Kier molecular flexibility index (Phi) is 13.4. The van der Waals surface area contributed by atoms with E-state index in [0.717, 1.165) is 51.0 Å². The molecule has 0 saturated carbocycles. The van der Waals surface area contributed by atoms with Crippen molar-refractivity contribution < 1.29 is 61.9 Å². The average Bonchev–Trinajstić information content (AvgIpc) is 2.77. The summed E-state index contributed by atoms with van der Waals surface area (Å²) in [5.41, 5.74) is 0. The number of unbranched alkanes of at least 4 members (excludes halogenated alkanes) is 9. The van der Waals surface area contributed by atoms with E-state index in [2.05, 4.69) is 11.9 Å². The first kappa shape index (κ1) is 35.5. The Morgan fingerprint density at radius 2 is 0.973 bits per heavy atom. The Hall–Kier alpha value is -1.53. The lowest BCUT2D eigenvalue weighted by Crippen LogP contribution is -2.70. The Balaban J connectivity index is 5.11. The van der Waals surface area contributed by atoms with Gasteiger partial charge in [0.15, 0.2) is 0 Å². The fourth-order valence-electron chi connectivity index (χ4n) is 3.52. The van der Waals surface area contributed by atoms with Crippen LogP contribution in [0.4, 0.5) is 57.1 Å². The van der Waals surface area contributed by atoms with Gasteiger partial charge in [-0.15, -0.1) is 0 Å². The maximum Gasteiger partial charge on any atom is 0.460 e. The molecule has 0 fully saturated rings. The van der Waals surface area contributed by atoms with Gasteiger partial charge in [0.1, 0.15) is 0 Å². The van der Waals surface area contributed by atoms with Crippen LogP contribution in [0.25, 0.3) is 0 Å². The van der Waals surface area contributed by atoms with Crippen molar-refractivity contribution in [3.63, 3.8) is 0 Å². The second-order valence-electron chi connectivity index (χ2n) is 8.88. The summed E-state index contributed by atoms with van der Waals surface area (Å²) in [6, 6.07) is -1.46. The zero-order chi connectivity index (χ0) is 29.2. The van der Waals surface area contributed by atoms with Crippen LogP contribution in [0.2, 0.25) is 0 Å². The largest absolute Gasteiger partial charge is 0.460 e. The third-order valence-corrected chi connectivity index (χ3v) is 5.92. The van der Waals surface area contributed by atoms with Gasteiger partial charge in [-0.1, -0.05) is 71.1 Å². The molecular formula is C22H30F13NO. The number of rotatable bonds is 19. The predicted molar refractivity (Wildman–Crippen MR) is 108 cm³/mol. The number of carbonyl (C=O) groups excluding carboxylic acids is 1. The molecule has 0 aromatic heterocycles. The molecule has 1 unspecified atom stereocenters. The highest BCUT2D eigenvalue weighted by atomic mass is 19.4. The maximum absolute atomic E-state index is 13.9. The summed E-state index contributed by atoms with van der Waals surface area (Å²) in [5, 5.41) is 0. The van der Waals surface area contributed by atoms with Crippen LogP contribution >= 0.6 is 0 Å². The van der Waals surface area contributed by atoms with Crippen LogP contribution in [0.15, 0.2) is 4.99 Å². The minimum absolute atomic E-state index is 0.161. The number of aliphatic imine (C=N–C) groups is 1. The van der Waals surface area contributed by atoms with Crippen molar-refractivity contribution in [2.75, 3.05) is 0 Å². The highest BCUT2D eigenvalue weighted by Gasteiger charge is 2.90. The van der Waals surface area contributed by atoms with E-state index in [0.29, 0.717) is 12.8 Å². The van der Waals surface area contributed by atoms with E-state index in [4.69, 9.17) is 0 Å². The summed E-state index contributed by atoms with van der Waals surface area (Å²) in [5.74, 6) is -36.9. The Bertz CT molecular complexity index is 716. The molecule has 0 aliphatic rings. The van der Waals surface area contributed by atoms with Gasteiger partial charge in [0.05, 0.1) is 6.04 Å². The van der Waals surface area contributed by atoms with Crippen LogP contribution in [0.1, 0.15) is 90.4 Å². The number of hydrogen-bond donors (Lipinski definition) is 0. The fourth-order valence-corrected chi connectivity index (χ4v) is 3.52. The summed E-state index contributed by atoms with van der Waals surface area (Å²) in [6.45, 7) is 2.07. The van der Waals surface area contributed by atoms with Gasteiger partial charge in [0.2, 0.25) is 6.08 Å². The molecule has 0 aromatic rings. The molecule has 0 aliphatic carbocycles. The number of alkyl halides is 13. The molecule has 0 aliphatic heterocycles. The van der Waals surface area contributed by atoms with Gasteiger partial charge in [-0.3, -0.25) is 0 Å². The molecule has 0 spiro atoms. The SMILES string of the molecule is CCCCCCCCCCCCC(CCC(F)(F)C(F)(F)C(F)(F)C(F)(F)C(F)(F)C(F)(F)F)N=C=O. The van der Waals surface area contributed by atoms with E-state index in [1.165, 1.54) is 0 Å². The highest BCUT2D eigenvalue weighted by molar-refractivity contribution is 5.33. The van der Waals surface area contributed by atoms with E-state index in [-0.39, 0.29) is 12.8 Å². The molecule has 0 heterocycles. The van der Waals surface area contributed by atoms with E-state index in [9.17, 15) is 61.9 Å². The smallest absolute Gasteiger partial charge is 0.211 e. The van der Waals surface area contributed by atoms with Crippen molar-refractivity contribution in [2.24, 2.45) is 4.99 Å². The zero-order valence-electron chi connectivity index (χ0n) is 20.0. The molecule has 0 bridgehead atoms. The number of halogens is 13. The molecule has 0 amide bonds. The molecule has 220 valence electrons. The number of isocyanates is 1. The monoisotopic (exact) mass is 571 g/mol. The van der Waals surface area contributed by atoms with Crippen LogP contribution in [0.5, 0.6) is 0 Å². The van der Waals surface area contributed by atoms with E-state index >= 15 is 0 Å². The van der Waals surface area contributed by atoms with Gasteiger partial charge < -0.3 is 0 Å². The van der Waals surface area contributed by atoms with E-state index in [1.807, 2.05) is 0 Å². The lowest BCUT2D eigenvalue weighted by molar-refractivity contribution is -0.440. The Morgan fingerprint density at radius 3 is 1.38 bits per heavy atom. The third-order valence-electron chi connectivity index (χ3n) is 5.92. The first-order valence-corrected chi connectivity index (χ1v) is 11.8. The Morgan fingerprint density at radius 1 is 0.568 bits per heavy atom. The molecule has 0 saturated heterocycles. The normalized spacial score (nSPS) is 15.0. The standard InChI is InChI=1S/C22H30F13NO/c1-2-3-4-5-6-7-8-9-10-11-12-16(36-15-37)13-14-17(23,24)18(25,26)19(27,28)20(29,30)21(31,32)22(33,34)35/h16H,2-14H2,1H3. The molecule has 0 aromatic carbocycles. The number of nitrogens with zero attached hydrogens (tertiary/aromatic N) is 1. The minimum atomic E-state index is -7.92. The van der Waals surface area contributed by atoms with Crippen molar-refractivity contribution in [2.45, 2.75) is 132 Å². The Labute approximate surface area is 206 Å². The van der Waals surface area contributed by atoms with Crippen molar-refractivity contribution in [1.29, 1.82) is 0 Å². The highest BCUT2D eigenvalue weighted by Crippen LogP contribution is 2.60. The summed E-state index contributed by atoms with van der Waals surface area (Å²) >= 11 is 0. The first-order valence-electron chi connectivity index (χ1n) is 11.8. The molecule has 37 heavy (non-hydrogen) atoms. The molecule has 0 rings (SSSR count). The lowest BCUT2D eigenvalue weighted by atomic mass is 9.90. The first-order chi connectivity index (χ1) is 16.7. The lowest BCUT2D eigenvalue weighted by Gasteiger charge is -2.39. The molecular weight excluding hydrogens is 541 g/mol. The van der Waals surface area contributed by atoms with E-state index < -0.39 is 54.7 Å². The summed E-state index contributed by atoms with van der Waals surface area (Å²) in [7, 11) is 0. The summed E-state index contributed by atoms with van der Waals surface area (Å²) in [6.07, 6.45) is -1.56. The van der Waals surface area contributed by atoms with Gasteiger partial charge in [0, 0.05) is 6.42 Å². The summed E-state index contributed by atoms with van der Waals surface area (Å²) in [4.78, 5) is 13.6. The third kappa shape index (κ3) is 8.74. The van der Waals surface area contributed by atoms with Gasteiger partial charge in [-0.2, -0.15) is 57.1 Å². The van der Waals surface area contributed by atoms with E-state index in [1.54, 1.807) is 0 Å². The van der Waals surface area contributed by atoms with Crippen LogP contribution in [-0.2, 0) is 4.79 Å². The zero-order valence-corrected chi connectivity index (χ0v) is 20.0. The maximum atomic E-state index is 13.9. The van der Waals surface area contributed by atoms with Crippen molar-refractivity contribution >= 4 is 6.08 Å². The second kappa shape index (κ2) is 14.0. The molecule has 1 atom stereocenters. The number of hydrogen-bond acceptors (Lipinski definition) is 2. The molecule has 0 N–H and O–H groups in total. The fraction of sp³-hybridized carbons (Fsp3) is 0.955. The molecule has 0 radical (unpaired) electrons. The van der Waals surface area contributed by atoms with Crippen LogP contribution in [0.3, 0.4) is 0 Å².